The summed E-state index contributed by atoms with van der Waals surface area (Å²) in [5.74, 6) is -0.144. The number of methoxy groups -OCH3 is 1. The molecule has 1 heterocycles. The van der Waals surface area contributed by atoms with Crippen LogP contribution in [0.5, 0.6) is 0 Å². The van der Waals surface area contributed by atoms with Crippen LogP contribution in [-0.4, -0.2) is 42.5 Å². The van der Waals surface area contributed by atoms with Gasteiger partial charge in [-0.1, -0.05) is 12.2 Å². The number of carbonyl (C=O) groups excluding carboxylic acids is 2. The monoisotopic (exact) mass is 312 g/mol. The van der Waals surface area contributed by atoms with E-state index in [0.717, 1.165) is 0 Å². The van der Waals surface area contributed by atoms with E-state index >= 15 is 0 Å². The molecule has 2 atom stereocenters. The van der Waals surface area contributed by atoms with Crippen molar-refractivity contribution in [2.75, 3.05) is 13.9 Å². The maximum Gasteiger partial charge on any atom is 0.338 e. The third-order valence-corrected chi connectivity index (χ3v) is 3.50. The van der Waals surface area contributed by atoms with Crippen LogP contribution in [0.15, 0.2) is 23.5 Å². The van der Waals surface area contributed by atoms with Gasteiger partial charge in [0, 0.05) is 26.4 Å². The predicted octanol–water partition coefficient (Wildman–Crippen LogP) is 1.87. The number of carbonyl (C=O) groups is 2. The van der Waals surface area contributed by atoms with E-state index in [2.05, 4.69) is 0 Å². The summed E-state index contributed by atoms with van der Waals surface area (Å²) >= 11 is 0. The van der Waals surface area contributed by atoms with Crippen molar-refractivity contribution in [1.82, 2.24) is 0 Å². The maximum absolute atomic E-state index is 11.9. The number of hydrogen-bond donors (Lipinski definition) is 1. The second-order valence-electron chi connectivity index (χ2n) is 5.46. The molecule has 2 unspecified atom stereocenters. The molecular weight excluding hydrogens is 288 g/mol. The molecule has 0 fully saturated rings. The molecule has 0 saturated heterocycles. The van der Waals surface area contributed by atoms with E-state index in [1.54, 1.807) is 32.9 Å². The van der Waals surface area contributed by atoms with Crippen LogP contribution in [0.3, 0.4) is 0 Å². The molecule has 1 aliphatic heterocycles. The summed E-state index contributed by atoms with van der Waals surface area (Å²) in [6, 6.07) is 0. The third-order valence-electron chi connectivity index (χ3n) is 3.50. The Morgan fingerprint density at radius 2 is 2.18 bits per heavy atom. The van der Waals surface area contributed by atoms with Gasteiger partial charge in [0.2, 0.25) is 0 Å². The summed E-state index contributed by atoms with van der Waals surface area (Å²) in [4.78, 5) is 23.6. The summed E-state index contributed by atoms with van der Waals surface area (Å²) < 4.78 is 15.6. The molecule has 124 valence electrons. The minimum Gasteiger partial charge on any atom is -0.467 e. The van der Waals surface area contributed by atoms with E-state index in [0.29, 0.717) is 17.8 Å². The van der Waals surface area contributed by atoms with Gasteiger partial charge in [0.05, 0.1) is 11.7 Å². The zero-order valence-corrected chi connectivity index (χ0v) is 13.5. The van der Waals surface area contributed by atoms with Crippen molar-refractivity contribution in [3.63, 3.8) is 0 Å². The lowest BCUT2D eigenvalue weighted by atomic mass is 9.94. The van der Waals surface area contributed by atoms with Crippen molar-refractivity contribution in [2.24, 2.45) is 0 Å². The van der Waals surface area contributed by atoms with Crippen molar-refractivity contribution in [2.45, 2.75) is 51.7 Å². The number of ether oxygens (including phenoxy) is 3. The smallest absolute Gasteiger partial charge is 0.338 e. The molecule has 1 rings (SSSR count). The average molecular weight is 312 g/mol. The molecule has 6 heteroatoms. The van der Waals surface area contributed by atoms with Gasteiger partial charge in [0.25, 0.3) is 0 Å². The van der Waals surface area contributed by atoms with Crippen LogP contribution in [0.2, 0.25) is 0 Å². The molecule has 0 saturated carbocycles. The van der Waals surface area contributed by atoms with Crippen molar-refractivity contribution < 1.29 is 28.9 Å². The van der Waals surface area contributed by atoms with Crippen molar-refractivity contribution in [3.8, 4) is 0 Å². The van der Waals surface area contributed by atoms with Crippen molar-refractivity contribution >= 4 is 11.8 Å². The van der Waals surface area contributed by atoms with Crippen LogP contribution in [0, 0.1) is 0 Å². The predicted molar refractivity (Wildman–Crippen MR) is 79.8 cm³/mol. The number of Topliss-reactive ketones (excluding diaryl/α,β-unsaturated/α-hetero) is 1. The zero-order valence-electron chi connectivity index (χ0n) is 13.5. The lowest BCUT2D eigenvalue weighted by Crippen LogP contribution is -2.30. The second-order valence-corrected chi connectivity index (χ2v) is 5.46. The average Bonchev–Trinajstić information content (AvgIpc) is 2.66. The largest absolute Gasteiger partial charge is 0.467 e. The van der Waals surface area contributed by atoms with Crippen LogP contribution in [0.4, 0.5) is 0 Å². The SMILES string of the molecule is C/C=C/C(O)CC(=O)CCC1(C)OC(=O)C(C)=C1OCOC. The standard InChI is InChI=1S/C16H24O6/c1-5-6-12(17)9-13(18)7-8-16(3)14(21-10-20-4)11(2)15(19)22-16/h5-6,12,17H,7-10H2,1-4H3/b6-5+. The van der Waals surface area contributed by atoms with Gasteiger partial charge >= 0.3 is 5.97 Å². The van der Waals surface area contributed by atoms with Crippen LogP contribution >= 0.6 is 0 Å². The summed E-state index contributed by atoms with van der Waals surface area (Å²) in [6.45, 7) is 5.12. The zero-order chi connectivity index (χ0) is 16.8. The van der Waals surface area contributed by atoms with Gasteiger partial charge in [-0.3, -0.25) is 4.79 Å². The Morgan fingerprint density at radius 3 is 2.77 bits per heavy atom. The highest BCUT2D eigenvalue weighted by molar-refractivity contribution is 5.92. The molecule has 0 radical (unpaired) electrons. The fourth-order valence-corrected chi connectivity index (χ4v) is 2.36. The Bertz CT molecular complexity index is 479. The summed E-state index contributed by atoms with van der Waals surface area (Å²) in [7, 11) is 1.48. The van der Waals surface area contributed by atoms with Gasteiger partial charge < -0.3 is 19.3 Å². The third kappa shape index (κ3) is 4.68. The number of ketones is 1. The van der Waals surface area contributed by atoms with E-state index in [4.69, 9.17) is 14.2 Å². The van der Waals surface area contributed by atoms with E-state index < -0.39 is 17.7 Å². The number of aliphatic hydroxyl groups is 1. The second kappa shape index (κ2) is 8.10. The molecule has 1 N–H and O–H groups in total. The molecule has 0 aliphatic carbocycles. The van der Waals surface area contributed by atoms with Gasteiger partial charge in [-0.2, -0.15) is 0 Å². The van der Waals surface area contributed by atoms with Crippen molar-refractivity contribution in [3.05, 3.63) is 23.5 Å². The van der Waals surface area contributed by atoms with Gasteiger partial charge in [-0.05, 0) is 20.8 Å². The fraction of sp³-hybridized carbons (Fsp3) is 0.625. The molecule has 0 spiro atoms. The van der Waals surface area contributed by atoms with E-state index in [1.807, 2.05) is 0 Å². The number of rotatable bonds is 9. The first-order chi connectivity index (χ1) is 10.3. The highest BCUT2D eigenvalue weighted by atomic mass is 16.7. The summed E-state index contributed by atoms with van der Waals surface area (Å²) in [5, 5.41) is 9.58. The fourth-order valence-electron chi connectivity index (χ4n) is 2.36. The topological polar surface area (TPSA) is 82.1 Å². The maximum atomic E-state index is 11.9. The first-order valence-electron chi connectivity index (χ1n) is 7.23. The Labute approximate surface area is 130 Å². The minimum atomic E-state index is -0.971. The lowest BCUT2D eigenvalue weighted by molar-refractivity contribution is -0.149. The molecule has 0 bridgehead atoms. The highest BCUT2D eigenvalue weighted by Gasteiger charge is 2.44. The number of allylic oxidation sites excluding steroid dienone is 1. The normalized spacial score (nSPS) is 23.0. The molecule has 0 aromatic carbocycles. The van der Waals surface area contributed by atoms with Crippen LogP contribution in [0.25, 0.3) is 0 Å². The summed E-state index contributed by atoms with van der Waals surface area (Å²) in [5.41, 5.74) is -0.582. The molecular formula is C16H24O6. The Kier molecular flexibility index (Phi) is 6.77. The van der Waals surface area contributed by atoms with Crippen LogP contribution in [-0.2, 0) is 23.8 Å². The number of aliphatic hydroxyl groups excluding tert-OH is 1. The van der Waals surface area contributed by atoms with Gasteiger partial charge in [-0.15, -0.1) is 0 Å². The Hall–Kier alpha value is -1.66. The number of hydrogen-bond acceptors (Lipinski definition) is 6. The molecule has 1 aliphatic rings. The summed E-state index contributed by atoms with van der Waals surface area (Å²) in [6.07, 6.45) is 3.01. The van der Waals surface area contributed by atoms with Crippen LogP contribution < -0.4 is 0 Å². The van der Waals surface area contributed by atoms with Gasteiger partial charge in [-0.25, -0.2) is 4.79 Å². The number of cyclic esters (lactones) is 1. The minimum absolute atomic E-state index is 0.00680. The van der Waals surface area contributed by atoms with Crippen LogP contribution in [0.1, 0.15) is 40.0 Å². The Morgan fingerprint density at radius 1 is 1.50 bits per heavy atom. The molecule has 0 amide bonds. The molecule has 22 heavy (non-hydrogen) atoms. The first kappa shape index (κ1) is 18.4. The van der Waals surface area contributed by atoms with Gasteiger partial charge in [0.15, 0.2) is 18.2 Å². The molecule has 6 nitrogen and oxygen atoms in total. The lowest BCUT2D eigenvalue weighted by Gasteiger charge is -2.26. The number of esters is 1. The van der Waals surface area contributed by atoms with Crippen molar-refractivity contribution in [1.29, 1.82) is 0 Å². The molecule has 0 aromatic rings. The first-order valence-corrected chi connectivity index (χ1v) is 7.23. The van der Waals surface area contributed by atoms with E-state index in [9.17, 15) is 14.7 Å². The van der Waals surface area contributed by atoms with E-state index in [1.165, 1.54) is 7.11 Å². The quantitative estimate of drug-likeness (QED) is 0.398. The van der Waals surface area contributed by atoms with E-state index in [-0.39, 0.29) is 25.4 Å². The van der Waals surface area contributed by atoms with Gasteiger partial charge in [0.1, 0.15) is 5.78 Å². The highest BCUT2D eigenvalue weighted by Crippen LogP contribution is 2.37. The Balaban J connectivity index is 2.66. The molecule has 0 aromatic heterocycles.